The number of likely N-dealkylation sites (N-methyl/N-ethyl adjacent to an activating group) is 1. The number of nitrogens with one attached hydrogen (secondary N) is 1. The first-order valence-electron chi connectivity index (χ1n) is 8.42. The number of primary sulfonamides is 1. The average molecular weight is 437 g/mol. The first-order chi connectivity index (χ1) is 13.5. The van der Waals surface area contributed by atoms with Gasteiger partial charge in [0, 0.05) is 36.9 Å². The van der Waals surface area contributed by atoms with E-state index >= 15 is 0 Å². The van der Waals surface area contributed by atoms with Crippen molar-refractivity contribution >= 4 is 42.5 Å². The van der Waals surface area contributed by atoms with Gasteiger partial charge in [-0.05, 0) is 42.5 Å². The highest BCUT2D eigenvalue weighted by atomic mass is 32.2. The van der Waals surface area contributed by atoms with Crippen LogP contribution in [0.5, 0.6) is 0 Å². The van der Waals surface area contributed by atoms with Gasteiger partial charge in [-0.15, -0.1) is 0 Å². The molecule has 0 spiro atoms. The van der Waals surface area contributed by atoms with Crippen molar-refractivity contribution in [3.05, 3.63) is 54.7 Å². The minimum Gasteiger partial charge on any atom is -0.347 e. The summed E-state index contributed by atoms with van der Waals surface area (Å²) in [5.74, 6) is -0.0676. The molecule has 1 heterocycles. The number of nitrogens with two attached hydrogens (primary N) is 1. The third kappa shape index (κ3) is 4.58. The number of hydrogen-bond acceptors (Lipinski definition) is 5. The number of fused-ring (bicyclic) bond motifs is 1. The van der Waals surface area contributed by atoms with E-state index in [1.165, 1.54) is 23.1 Å². The molecule has 0 saturated heterocycles. The lowest BCUT2D eigenvalue weighted by atomic mass is 10.2. The number of hydrogen-bond donors (Lipinski definition) is 2. The van der Waals surface area contributed by atoms with Crippen molar-refractivity contribution in [1.29, 1.82) is 0 Å². The molecule has 0 aliphatic carbocycles. The number of benzene rings is 2. The molecule has 0 saturated carbocycles. The molecule has 0 fully saturated rings. The minimum atomic E-state index is -4.03. The number of carbonyl (C=O) groups excluding carboxylic acids is 1. The largest absolute Gasteiger partial charge is 0.347 e. The summed E-state index contributed by atoms with van der Waals surface area (Å²) in [6.45, 7) is 0.169. The van der Waals surface area contributed by atoms with Crippen LogP contribution in [0.4, 0.5) is 5.69 Å². The van der Waals surface area contributed by atoms with Crippen LogP contribution in [0.15, 0.2) is 64.5 Å². The van der Waals surface area contributed by atoms with Gasteiger partial charge in [0.15, 0.2) is 0 Å². The van der Waals surface area contributed by atoms with E-state index in [-0.39, 0.29) is 22.2 Å². The standard InChI is InChI=1S/C18H20N4O5S2/c1-21(2)18(23)12-22-9-8-13-10-14(6-7-17(13)22)20-29(26,27)16-5-3-4-15(11-16)28(19,24)25/h3-11,20H,12H2,1-2H3,(H2,19,24,25). The van der Waals surface area contributed by atoms with E-state index in [0.717, 1.165) is 17.0 Å². The molecular formula is C18H20N4O5S2. The van der Waals surface area contributed by atoms with Crippen LogP contribution in [-0.4, -0.2) is 46.3 Å². The molecule has 1 amide bonds. The van der Waals surface area contributed by atoms with Crippen molar-refractivity contribution in [2.45, 2.75) is 16.3 Å². The van der Waals surface area contributed by atoms with Crippen LogP contribution < -0.4 is 9.86 Å². The molecule has 11 heteroatoms. The van der Waals surface area contributed by atoms with Crippen molar-refractivity contribution in [2.24, 2.45) is 5.14 Å². The van der Waals surface area contributed by atoms with Crippen LogP contribution in [0.1, 0.15) is 0 Å². The van der Waals surface area contributed by atoms with E-state index in [9.17, 15) is 21.6 Å². The lowest BCUT2D eigenvalue weighted by molar-refractivity contribution is -0.129. The quantitative estimate of drug-likeness (QED) is 0.599. The Kier molecular flexibility index (Phi) is 5.39. The van der Waals surface area contributed by atoms with Crippen LogP contribution in [0.25, 0.3) is 10.9 Å². The second-order valence-electron chi connectivity index (χ2n) is 6.63. The maximum atomic E-state index is 12.6. The molecule has 0 aliphatic rings. The van der Waals surface area contributed by atoms with Gasteiger partial charge in [-0.1, -0.05) is 6.07 Å². The molecule has 2 aromatic carbocycles. The van der Waals surface area contributed by atoms with Crippen LogP contribution in [0.3, 0.4) is 0 Å². The SMILES string of the molecule is CN(C)C(=O)Cn1ccc2cc(NS(=O)(=O)c3cccc(S(N)(=O)=O)c3)ccc21. The Morgan fingerprint density at radius 2 is 1.72 bits per heavy atom. The summed E-state index contributed by atoms with van der Waals surface area (Å²) in [5, 5.41) is 5.81. The number of nitrogens with zero attached hydrogens (tertiary/aromatic N) is 2. The van der Waals surface area contributed by atoms with Crippen molar-refractivity contribution in [3.8, 4) is 0 Å². The van der Waals surface area contributed by atoms with Gasteiger partial charge in [-0.25, -0.2) is 22.0 Å². The molecule has 154 valence electrons. The van der Waals surface area contributed by atoms with E-state index in [4.69, 9.17) is 5.14 Å². The highest BCUT2D eigenvalue weighted by molar-refractivity contribution is 7.93. The zero-order chi connectivity index (χ0) is 21.4. The maximum absolute atomic E-state index is 12.6. The first kappa shape index (κ1) is 20.8. The molecule has 29 heavy (non-hydrogen) atoms. The summed E-state index contributed by atoms with van der Waals surface area (Å²) in [6, 6.07) is 11.5. The molecule has 1 aromatic heterocycles. The number of anilines is 1. The van der Waals surface area contributed by atoms with E-state index in [1.807, 2.05) is 0 Å². The van der Waals surface area contributed by atoms with E-state index < -0.39 is 20.0 Å². The third-order valence-electron chi connectivity index (χ3n) is 4.27. The van der Waals surface area contributed by atoms with E-state index in [2.05, 4.69) is 4.72 Å². The fourth-order valence-corrected chi connectivity index (χ4v) is 4.45. The maximum Gasteiger partial charge on any atom is 0.261 e. The van der Waals surface area contributed by atoms with Crippen molar-refractivity contribution in [3.63, 3.8) is 0 Å². The molecule has 3 rings (SSSR count). The number of rotatable bonds is 6. The Hall–Kier alpha value is -2.89. The Labute approximate surface area is 168 Å². The van der Waals surface area contributed by atoms with Gasteiger partial charge in [0.1, 0.15) is 6.54 Å². The molecule has 0 bridgehead atoms. The lowest BCUT2D eigenvalue weighted by Crippen LogP contribution is -2.25. The average Bonchev–Trinajstić information content (AvgIpc) is 3.02. The molecule has 0 radical (unpaired) electrons. The second kappa shape index (κ2) is 7.50. The summed E-state index contributed by atoms with van der Waals surface area (Å²) >= 11 is 0. The zero-order valence-electron chi connectivity index (χ0n) is 15.7. The molecule has 0 aliphatic heterocycles. The fraction of sp³-hybridized carbons (Fsp3) is 0.167. The van der Waals surface area contributed by atoms with Crippen LogP contribution >= 0.6 is 0 Å². The van der Waals surface area contributed by atoms with Gasteiger partial charge >= 0.3 is 0 Å². The molecule has 3 aromatic rings. The summed E-state index contributed by atoms with van der Waals surface area (Å²) in [6.07, 6.45) is 1.75. The fourth-order valence-electron chi connectivity index (χ4n) is 2.72. The van der Waals surface area contributed by atoms with Gasteiger partial charge in [0.25, 0.3) is 10.0 Å². The van der Waals surface area contributed by atoms with Gasteiger partial charge in [0.05, 0.1) is 9.79 Å². The predicted octanol–water partition coefficient (Wildman–Crippen LogP) is 1.18. The smallest absolute Gasteiger partial charge is 0.261 e. The van der Waals surface area contributed by atoms with Gasteiger partial charge in [-0.3, -0.25) is 9.52 Å². The van der Waals surface area contributed by atoms with E-state index in [0.29, 0.717) is 5.69 Å². The predicted molar refractivity (Wildman–Crippen MR) is 109 cm³/mol. The van der Waals surface area contributed by atoms with Gasteiger partial charge in [0.2, 0.25) is 15.9 Å². The van der Waals surface area contributed by atoms with Gasteiger partial charge in [-0.2, -0.15) is 0 Å². The lowest BCUT2D eigenvalue weighted by Gasteiger charge is -2.12. The van der Waals surface area contributed by atoms with Crippen LogP contribution in [0.2, 0.25) is 0 Å². The third-order valence-corrected chi connectivity index (χ3v) is 6.56. The Morgan fingerprint density at radius 1 is 1.03 bits per heavy atom. The Balaban J connectivity index is 1.89. The Bertz CT molecular complexity index is 1290. The number of sulfonamides is 2. The summed E-state index contributed by atoms with van der Waals surface area (Å²) in [7, 11) is -4.71. The molecule has 3 N–H and O–H groups in total. The highest BCUT2D eigenvalue weighted by Crippen LogP contribution is 2.24. The second-order valence-corrected chi connectivity index (χ2v) is 9.87. The number of aromatic nitrogens is 1. The van der Waals surface area contributed by atoms with Crippen molar-refractivity contribution < 1.29 is 21.6 Å². The molecule has 9 nitrogen and oxygen atoms in total. The summed E-state index contributed by atoms with van der Waals surface area (Å²) < 4.78 is 52.4. The summed E-state index contributed by atoms with van der Waals surface area (Å²) in [5.41, 5.74) is 1.08. The highest BCUT2D eigenvalue weighted by Gasteiger charge is 2.18. The summed E-state index contributed by atoms with van der Waals surface area (Å²) in [4.78, 5) is 12.9. The van der Waals surface area contributed by atoms with Gasteiger partial charge < -0.3 is 9.47 Å². The first-order valence-corrected chi connectivity index (χ1v) is 11.4. The topological polar surface area (TPSA) is 132 Å². The molecule has 0 unspecified atom stereocenters. The van der Waals surface area contributed by atoms with Crippen LogP contribution in [0, 0.1) is 0 Å². The molecule has 0 atom stereocenters. The molecular weight excluding hydrogens is 416 g/mol. The number of carbonyl (C=O) groups is 1. The van der Waals surface area contributed by atoms with E-state index in [1.54, 1.807) is 49.1 Å². The minimum absolute atomic E-state index is 0.0676. The Morgan fingerprint density at radius 3 is 2.38 bits per heavy atom. The van der Waals surface area contributed by atoms with Crippen molar-refractivity contribution in [1.82, 2.24) is 9.47 Å². The normalized spacial score (nSPS) is 12.1. The zero-order valence-corrected chi connectivity index (χ0v) is 17.4. The van der Waals surface area contributed by atoms with Crippen molar-refractivity contribution in [2.75, 3.05) is 18.8 Å². The van der Waals surface area contributed by atoms with Crippen LogP contribution in [-0.2, 0) is 31.4 Å². The number of amides is 1. The monoisotopic (exact) mass is 436 g/mol.